The number of aliphatic hydroxyl groups is 1. The standard InChI is InChI=1S/C8H12N2O/c9-7-3-1-2-6(4-7)8(10)5-11/h1-4,8,11H,5,9-10H2. The van der Waals surface area contributed by atoms with Crippen LogP contribution in [0.3, 0.4) is 0 Å². The highest BCUT2D eigenvalue weighted by Crippen LogP contribution is 2.12. The highest BCUT2D eigenvalue weighted by molar-refractivity contribution is 5.41. The zero-order valence-electron chi connectivity index (χ0n) is 6.20. The Labute approximate surface area is 65.6 Å². The smallest absolute Gasteiger partial charge is 0.0624 e. The molecule has 3 nitrogen and oxygen atoms in total. The molecule has 0 aliphatic heterocycles. The third kappa shape index (κ3) is 1.93. The molecule has 0 aliphatic carbocycles. The van der Waals surface area contributed by atoms with E-state index in [4.69, 9.17) is 16.6 Å². The molecule has 5 N–H and O–H groups in total. The summed E-state index contributed by atoms with van der Waals surface area (Å²) in [5.41, 5.74) is 12.6. The van der Waals surface area contributed by atoms with E-state index in [0.29, 0.717) is 5.69 Å². The maximum Gasteiger partial charge on any atom is 0.0624 e. The summed E-state index contributed by atoms with van der Waals surface area (Å²) in [4.78, 5) is 0. The summed E-state index contributed by atoms with van der Waals surface area (Å²) >= 11 is 0. The number of anilines is 1. The van der Waals surface area contributed by atoms with Crippen LogP contribution >= 0.6 is 0 Å². The van der Waals surface area contributed by atoms with Crippen LogP contribution in [0.25, 0.3) is 0 Å². The Bertz CT molecular complexity index is 237. The largest absolute Gasteiger partial charge is 0.399 e. The number of nitrogens with two attached hydrogens (primary N) is 2. The number of nitrogen functional groups attached to an aromatic ring is 1. The SMILES string of the molecule is Nc1cccc(C(N)CO)c1. The molecule has 0 amide bonds. The summed E-state index contributed by atoms with van der Waals surface area (Å²) in [5.74, 6) is 0. The molecule has 0 spiro atoms. The Hall–Kier alpha value is -1.06. The molecule has 1 atom stereocenters. The van der Waals surface area contributed by atoms with E-state index in [2.05, 4.69) is 0 Å². The third-order valence-corrected chi connectivity index (χ3v) is 1.54. The van der Waals surface area contributed by atoms with Gasteiger partial charge < -0.3 is 16.6 Å². The molecule has 0 fully saturated rings. The number of hydrogen-bond acceptors (Lipinski definition) is 3. The minimum absolute atomic E-state index is 0.0521. The molecule has 3 heteroatoms. The second-order valence-electron chi connectivity index (χ2n) is 2.46. The molecule has 1 unspecified atom stereocenters. The van der Waals surface area contributed by atoms with Crippen molar-refractivity contribution in [3.8, 4) is 0 Å². The van der Waals surface area contributed by atoms with Gasteiger partial charge in [-0.1, -0.05) is 12.1 Å². The van der Waals surface area contributed by atoms with Crippen LogP contribution in [0.5, 0.6) is 0 Å². The van der Waals surface area contributed by atoms with Gasteiger partial charge in [-0.25, -0.2) is 0 Å². The molecule has 11 heavy (non-hydrogen) atoms. The maximum atomic E-state index is 8.71. The summed E-state index contributed by atoms with van der Waals surface area (Å²) in [5, 5.41) is 8.71. The maximum absolute atomic E-state index is 8.71. The predicted molar refractivity (Wildman–Crippen MR) is 44.9 cm³/mol. The Kier molecular flexibility index (Phi) is 2.46. The molecule has 1 rings (SSSR count). The highest BCUT2D eigenvalue weighted by Gasteiger charge is 2.02. The average Bonchev–Trinajstić information content (AvgIpc) is 2.03. The van der Waals surface area contributed by atoms with Crippen molar-refractivity contribution in [2.45, 2.75) is 6.04 Å². The highest BCUT2D eigenvalue weighted by atomic mass is 16.3. The minimum Gasteiger partial charge on any atom is -0.399 e. The number of aliphatic hydroxyl groups excluding tert-OH is 1. The number of rotatable bonds is 2. The first-order valence-electron chi connectivity index (χ1n) is 3.46. The first-order chi connectivity index (χ1) is 5.24. The van der Waals surface area contributed by atoms with E-state index in [-0.39, 0.29) is 12.6 Å². The Morgan fingerprint density at radius 1 is 1.45 bits per heavy atom. The molecule has 0 aromatic heterocycles. The lowest BCUT2D eigenvalue weighted by Gasteiger charge is -2.07. The molecular formula is C8H12N2O. The second kappa shape index (κ2) is 3.37. The van der Waals surface area contributed by atoms with E-state index >= 15 is 0 Å². The van der Waals surface area contributed by atoms with Gasteiger partial charge in [-0.3, -0.25) is 0 Å². The summed E-state index contributed by atoms with van der Waals surface area (Å²) in [6.07, 6.45) is 0. The van der Waals surface area contributed by atoms with E-state index in [1.54, 1.807) is 12.1 Å². The van der Waals surface area contributed by atoms with Crippen molar-refractivity contribution in [2.24, 2.45) is 5.73 Å². The van der Waals surface area contributed by atoms with Crippen LogP contribution < -0.4 is 11.5 Å². The summed E-state index contributed by atoms with van der Waals surface area (Å²) in [6.45, 7) is -0.0521. The molecule has 0 saturated carbocycles. The average molecular weight is 152 g/mol. The van der Waals surface area contributed by atoms with Crippen LogP contribution in [-0.2, 0) is 0 Å². The van der Waals surface area contributed by atoms with Gasteiger partial charge in [0.05, 0.1) is 12.6 Å². The first kappa shape index (κ1) is 8.04. The van der Waals surface area contributed by atoms with Gasteiger partial charge in [-0.2, -0.15) is 0 Å². The minimum atomic E-state index is -0.321. The molecule has 1 aromatic carbocycles. The topological polar surface area (TPSA) is 72.3 Å². The van der Waals surface area contributed by atoms with Gasteiger partial charge in [0, 0.05) is 5.69 Å². The molecule has 0 radical (unpaired) electrons. The summed E-state index contributed by atoms with van der Waals surface area (Å²) < 4.78 is 0. The summed E-state index contributed by atoms with van der Waals surface area (Å²) in [7, 11) is 0. The van der Waals surface area contributed by atoms with Gasteiger partial charge in [0.25, 0.3) is 0 Å². The third-order valence-electron chi connectivity index (χ3n) is 1.54. The molecular weight excluding hydrogens is 140 g/mol. The van der Waals surface area contributed by atoms with Gasteiger partial charge in [0.2, 0.25) is 0 Å². The van der Waals surface area contributed by atoms with E-state index in [9.17, 15) is 0 Å². The van der Waals surface area contributed by atoms with Gasteiger partial charge in [0.15, 0.2) is 0 Å². The number of benzene rings is 1. The lowest BCUT2D eigenvalue weighted by molar-refractivity contribution is 0.268. The molecule has 0 bridgehead atoms. The zero-order valence-corrected chi connectivity index (χ0v) is 6.20. The van der Waals surface area contributed by atoms with Crippen LogP contribution in [0.1, 0.15) is 11.6 Å². The van der Waals surface area contributed by atoms with Gasteiger partial charge in [0.1, 0.15) is 0 Å². The van der Waals surface area contributed by atoms with Crippen LogP contribution in [0, 0.1) is 0 Å². The Morgan fingerprint density at radius 3 is 2.73 bits per heavy atom. The normalized spacial score (nSPS) is 12.9. The van der Waals surface area contributed by atoms with Crippen LogP contribution in [-0.4, -0.2) is 11.7 Å². The summed E-state index contributed by atoms with van der Waals surface area (Å²) in [6, 6.07) is 6.89. The fourth-order valence-electron chi connectivity index (χ4n) is 0.895. The Balaban J connectivity index is 2.86. The second-order valence-corrected chi connectivity index (χ2v) is 2.46. The molecule has 1 aromatic rings. The van der Waals surface area contributed by atoms with E-state index in [1.807, 2.05) is 12.1 Å². The van der Waals surface area contributed by atoms with Crippen molar-refractivity contribution in [1.82, 2.24) is 0 Å². The van der Waals surface area contributed by atoms with Crippen molar-refractivity contribution in [3.63, 3.8) is 0 Å². The van der Waals surface area contributed by atoms with Crippen LogP contribution in [0.4, 0.5) is 5.69 Å². The molecule has 0 aliphatic rings. The lowest BCUT2D eigenvalue weighted by Crippen LogP contribution is -2.14. The Morgan fingerprint density at radius 2 is 2.18 bits per heavy atom. The van der Waals surface area contributed by atoms with Crippen molar-refractivity contribution in [3.05, 3.63) is 29.8 Å². The number of hydrogen-bond donors (Lipinski definition) is 3. The van der Waals surface area contributed by atoms with Crippen molar-refractivity contribution < 1.29 is 5.11 Å². The van der Waals surface area contributed by atoms with Gasteiger partial charge in [-0.05, 0) is 17.7 Å². The van der Waals surface area contributed by atoms with Crippen molar-refractivity contribution >= 4 is 5.69 Å². The van der Waals surface area contributed by atoms with Crippen molar-refractivity contribution in [2.75, 3.05) is 12.3 Å². The van der Waals surface area contributed by atoms with Crippen LogP contribution in [0.15, 0.2) is 24.3 Å². The first-order valence-corrected chi connectivity index (χ1v) is 3.46. The molecule has 60 valence electrons. The van der Waals surface area contributed by atoms with Gasteiger partial charge >= 0.3 is 0 Å². The molecule has 0 heterocycles. The van der Waals surface area contributed by atoms with Gasteiger partial charge in [-0.15, -0.1) is 0 Å². The van der Waals surface area contributed by atoms with Crippen molar-refractivity contribution in [1.29, 1.82) is 0 Å². The zero-order chi connectivity index (χ0) is 8.27. The van der Waals surface area contributed by atoms with E-state index in [1.165, 1.54) is 0 Å². The molecule has 0 saturated heterocycles. The van der Waals surface area contributed by atoms with E-state index < -0.39 is 0 Å². The monoisotopic (exact) mass is 152 g/mol. The quantitative estimate of drug-likeness (QED) is 0.532. The fourth-order valence-corrected chi connectivity index (χ4v) is 0.895. The lowest BCUT2D eigenvalue weighted by atomic mass is 10.1. The van der Waals surface area contributed by atoms with E-state index in [0.717, 1.165) is 5.56 Å². The van der Waals surface area contributed by atoms with Crippen LogP contribution in [0.2, 0.25) is 0 Å². The predicted octanol–water partition coefficient (Wildman–Crippen LogP) is 0.261. The fraction of sp³-hybridized carbons (Fsp3) is 0.250.